The van der Waals surface area contributed by atoms with Crippen LogP contribution in [0.25, 0.3) is 0 Å². The van der Waals surface area contributed by atoms with Crippen LogP contribution in [0.2, 0.25) is 5.15 Å². The Morgan fingerprint density at radius 1 is 1.57 bits per heavy atom. The maximum Gasteiger partial charge on any atom is 0.198 e. The number of ketones is 1. The Morgan fingerprint density at radius 3 is 3.07 bits per heavy atom. The van der Waals surface area contributed by atoms with Gasteiger partial charge in [0.05, 0.1) is 5.69 Å². The van der Waals surface area contributed by atoms with E-state index in [1.165, 1.54) is 0 Å². The van der Waals surface area contributed by atoms with Gasteiger partial charge in [0.1, 0.15) is 0 Å². The lowest BCUT2D eigenvalue weighted by molar-refractivity contribution is 0.0973. The van der Waals surface area contributed by atoms with E-state index in [-0.39, 0.29) is 5.78 Å². The number of rotatable bonds is 2. The molecule has 0 N–H and O–H groups in total. The van der Waals surface area contributed by atoms with Crippen molar-refractivity contribution in [1.82, 2.24) is 9.55 Å². The molecule has 14 heavy (non-hydrogen) atoms. The van der Waals surface area contributed by atoms with E-state index in [0.717, 1.165) is 31.5 Å². The highest BCUT2D eigenvalue weighted by atomic mass is 35.5. The van der Waals surface area contributed by atoms with Gasteiger partial charge in [-0.25, -0.2) is 4.98 Å². The van der Waals surface area contributed by atoms with Crippen molar-refractivity contribution in [3.05, 3.63) is 16.7 Å². The number of nitrogens with zero attached hydrogens (tertiary/aromatic N) is 2. The first-order chi connectivity index (χ1) is 6.74. The topological polar surface area (TPSA) is 34.9 Å². The summed E-state index contributed by atoms with van der Waals surface area (Å²) in [7, 11) is 0. The van der Waals surface area contributed by atoms with Crippen LogP contribution >= 0.6 is 11.6 Å². The van der Waals surface area contributed by atoms with Crippen molar-refractivity contribution in [2.24, 2.45) is 0 Å². The number of Topliss-reactive ketones (excluding diaryl/α,β-unsaturated/α-hetero) is 1. The summed E-state index contributed by atoms with van der Waals surface area (Å²) in [6.07, 6.45) is 3.70. The van der Waals surface area contributed by atoms with Crippen LogP contribution < -0.4 is 0 Å². The molecule has 0 amide bonds. The summed E-state index contributed by atoms with van der Waals surface area (Å²) in [5.74, 6) is 0.632. The van der Waals surface area contributed by atoms with E-state index < -0.39 is 0 Å². The Hall–Kier alpha value is -0.830. The summed E-state index contributed by atoms with van der Waals surface area (Å²) in [5.41, 5.74) is 1.04. The molecule has 0 aliphatic carbocycles. The zero-order valence-corrected chi connectivity index (χ0v) is 8.97. The third-order valence-electron chi connectivity index (χ3n) is 2.64. The standard InChI is InChI=1S/C10H13ClN2O/c1-2-8(14)10-12-9(11)7-5-3-4-6-13(7)10/h2-6H2,1H3. The van der Waals surface area contributed by atoms with Gasteiger partial charge in [0, 0.05) is 13.0 Å². The first-order valence-corrected chi connectivity index (χ1v) is 5.40. The first-order valence-electron chi connectivity index (χ1n) is 5.02. The average molecular weight is 213 g/mol. The number of aromatic nitrogens is 2. The minimum atomic E-state index is 0.0834. The van der Waals surface area contributed by atoms with Gasteiger partial charge in [0.25, 0.3) is 0 Å². The van der Waals surface area contributed by atoms with Crippen LogP contribution in [0, 0.1) is 0 Å². The maximum atomic E-state index is 11.6. The molecule has 0 saturated carbocycles. The zero-order chi connectivity index (χ0) is 10.1. The largest absolute Gasteiger partial charge is 0.324 e. The molecule has 0 saturated heterocycles. The predicted molar refractivity (Wildman–Crippen MR) is 54.8 cm³/mol. The quantitative estimate of drug-likeness (QED) is 0.706. The Bertz CT molecular complexity index is 370. The van der Waals surface area contributed by atoms with Crippen molar-refractivity contribution >= 4 is 17.4 Å². The van der Waals surface area contributed by atoms with E-state index in [9.17, 15) is 4.79 Å². The molecule has 0 fully saturated rings. The van der Waals surface area contributed by atoms with Gasteiger partial charge in [-0.2, -0.15) is 0 Å². The number of carbonyl (C=O) groups excluding carboxylic acids is 1. The molecule has 0 bridgehead atoms. The minimum absolute atomic E-state index is 0.0834. The molecular weight excluding hydrogens is 200 g/mol. The Balaban J connectivity index is 2.46. The van der Waals surface area contributed by atoms with Crippen LogP contribution in [0.5, 0.6) is 0 Å². The van der Waals surface area contributed by atoms with Gasteiger partial charge < -0.3 is 4.57 Å². The summed E-state index contributed by atoms with van der Waals surface area (Å²) >= 11 is 5.98. The van der Waals surface area contributed by atoms with Crippen molar-refractivity contribution in [1.29, 1.82) is 0 Å². The summed E-state index contributed by atoms with van der Waals surface area (Å²) in [6.45, 7) is 2.73. The van der Waals surface area contributed by atoms with Crippen molar-refractivity contribution in [2.45, 2.75) is 39.2 Å². The zero-order valence-electron chi connectivity index (χ0n) is 8.22. The lowest BCUT2D eigenvalue weighted by Gasteiger charge is -2.15. The van der Waals surface area contributed by atoms with Gasteiger partial charge in [0.2, 0.25) is 0 Å². The van der Waals surface area contributed by atoms with Gasteiger partial charge in [-0.1, -0.05) is 18.5 Å². The number of hydrogen-bond donors (Lipinski definition) is 0. The van der Waals surface area contributed by atoms with E-state index >= 15 is 0 Å². The summed E-state index contributed by atoms with van der Waals surface area (Å²) in [6, 6.07) is 0. The van der Waals surface area contributed by atoms with Gasteiger partial charge in [0.15, 0.2) is 16.8 Å². The van der Waals surface area contributed by atoms with Gasteiger partial charge in [-0.3, -0.25) is 4.79 Å². The highest BCUT2D eigenvalue weighted by Gasteiger charge is 2.21. The van der Waals surface area contributed by atoms with Gasteiger partial charge in [-0.15, -0.1) is 0 Å². The van der Waals surface area contributed by atoms with Crippen molar-refractivity contribution in [3.63, 3.8) is 0 Å². The molecule has 0 unspecified atom stereocenters. The van der Waals surface area contributed by atoms with Gasteiger partial charge >= 0.3 is 0 Å². The van der Waals surface area contributed by atoms with E-state index in [1.807, 2.05) is 11.5 Å². The Kier molecular flexibility index (Phi) is 2.59. The molecule has 0 spiro atoms. The second kappa shape index (κ2) is 3.73. The molecule has 0 radical (unpaired) electrons. The lowest BCUT2D eigenvalue weighted by Crippen LogP contribution is -2.15. The van der Waals surface area contributed by atoms with Crippen molar-refractivity contribution < 1.29 is 4.79 Å². The fraction of sp³-hybridized carbons (Fsp3) is 0.600. The number of fused-ring (bicyclic) bond motifs is 1. The molecular formula is C10H13ClN2O. The third-order valence-corrected chi connectivity index (χ3v) is 2.94. The van der Waals surface area contributed by atoms with Crippen LogP contribution in [0.15, 0.2) is 0 Å². The number of carbonyl (C=O) groups is 1. The monoisotopic (exact) mass is 212 g/mol. The van der Waals surface area contributed by atoms with E-state index in [2.05, 4.69) is 4.98 Å². The number of halogens is 1. The molecule has 3 nitrogen and oxygen atoms in total. The van der Waals surface area contributed by atoms with E-state index in [4.69, 9.17) is 11.6 Å². The maximum absolute atomic E-state index is 11.6. The molecule has 1 aromatic heterocycles. The fourth-order valence-electron chi connectivity index (χ4n) is 1.87. The second-order valence-corrected chi connectivity index (χ2v) is 3.92. The van der Waals surface area contributed by atoms with Crippen LogP contribution in [0.4, 0.5) is 0 Å². The van der Waals surface area contributed by atoms with Crippen LogP contribution in [0.1, 0.15) is 42.5 Å². The molecule has 1 aromatic rings. The molecule has 0 atom stereocenters. The van der Waals surface area contributed by atoms with Gasteiger partial charge in [-0.05, 0) is 19.3 Å². The normalized spacial score (nSPS) is 15.3. The van der Waals surface area contributed by atoms with Crippen LogP contribution in [0.3, 0.4) is 0 Å². The molecule has 2 rings (SSSR count). The Labute approximate surface area is 88.1 Å². The molecule has 0 aromatic carbocycles. The van der Waals surface area contributed by atoms with Crippen LogP contribution in [-0.2, 0) is 13.0 Å². The van der Waals surface area contributed by atoms with Crippen LogP contribution in [-0.4, -0.2) is 15.3 Å². The first kappa shape index (κ1) is 9.71. The van der Waals surface area contributed by atoms with Crippen molar-refractivity contribution in [3.8, 4) is 0 Å². The number of imidazole rings is 1. The molecule has 2 heterocycles. The third kappa shape index (κ3) is 1.46. The van der Waals surface area contributed by atoms with Crippen molar-refractivity contribution in [2.75, 3.05) is 0 Å². The Morgan fingerprint density at radius 2 is 2.36 bits per heavy atom. The molecule has 4 heteroatoms. The SMILES string of the molecule is CCC(=O)c1nc(Cl)c2n1CCCC2. The molecule has 1 aliphatic rings. The average Bonchev–Trinajstić information content (AvgIpc) is 2.56. The predicted octanol–water partition coefficient (Wildman–Crippen LogP) is 2.47. The van der Waals surface area contributed by atoms with E-state index in [0.29, 0.717) is 17.4 Å². The smallest absolute Gasteiger partial charge is 0.198 e. The lowest BCUT2D eigenvalue weighted by atomic mass is 10.1. The highest BCUT2D eigenvalue weighted by molar-refractivity contribution is 6.30. The molecule has 1 aliphatic heterocycles. The second-order valence-electron chi connectivity index (χ2n) is 3.56. The highest BCUT2D eigenvalue weighted by Crippen LogP contribution is 2.24. The fourth-order valence-corrected chi connectivity index (χ4v) is 2.15. The summed E-state index contributed by atoms with van der Waals surface area (Å²) in [5, 5.41) is 0.515. The minimum Gasteiger partial charge on any atom is -0.324 e. The molecule has 76 valence electrons. The van der Waals surface area contributed by atoms with E-state index in [1.54, 1.807) is 0 Å². The number of hydrogen-bond acceptors (Lipinski definition) is 2. The summed E-state index contributed by atoms with van der Waals surface area (Å²) in [4.78, 5) is 15.7. The summed E-state index contributed by atoms with van der Waals surface area (Å²) < 4.78 is 1.98.